The fraction of sp³-hybridized carbons (Fsp3) is 0.467. The van der Waals surface area contributed by atoms with Gasteiger partial charge < -0.3 is 5.32 Å². The summed E-state index contributed by atoms with van der Waals surface area (Å²) in [6.45, 7) is 9.90. The first-order valence-electron chi connectivity index (χ1n) is 6.87. The van der Waals surface area contributed by atoms with Crippen LogP contribution in [0.2, 0.25) is 5.02 Å². The first-order valence-corrected chi connectivity index (χ1v) is 7.25. The molecule has 0 amide bonds. The predicted octanol–water partition coefficient (Wildman–Crippen LogP) is 3.28. The van der Waals surface area contributed by atoms with Crippen molar-refractivity contribution >= 4 is 11.6 Å². The Bertz CT molecular complexity index is 590. The van der Waals surface area contributed by atoms with Crippen LogP contribution in [0.4, 0.5) is 0 Å². The molecule has 1 aromatic carbocycles. The number of nitrogens with zero attached hydrogens (tertiary/aromatic N) is 3. The van der Waals surface area contributed by atoms with Gasteiger partial charge in [-0.15, -0.1) is 0 Å². The molecular formula is C15H21ClN4. The van der Waals surface area contributed by atoms with Crippen LogP contribution < -0.4 is 5.32 Å². The Morgan fingerprint density at radius 3 is 2.65 bits per heavy atom. The molecule has 5 heteroatoms. The third-order valence-corrected chi connectivity index (χ3v) is 3.41. The van der Waals surface area contributed by atoms with E-state index < -0.39 is 0 Å². The first-order chi connectivity index (χ1) is 9.49. The van der Waals surface area contributed by atoms with Gasteiger partial charge >= 0.3 is 0 Å². The summed E-state index contributed by atoms with van der Waals surface area (Å²) in [6, 6.07) is 5.88. The molecule has 0 fully saturated rings. The maximum Gasteiger partial charge on any atom is 0.148 e. The predicted molar refractivity (Wildman–Crippen MR) is 82.4 cm³/mol. The van der Waals surface area contributed by atoms with Crippen molar-refractivity contribution in [3.8, 4) is 5.69 Å². The lowest BCUT2D eigenvalue weighted by Crippen LogP contribution is -2.20. The molecule has 1 aromatic heterocycles. The molecule has 4 nitrogen and oxygen atoms in total. The van der Waals surface area contributed by atoms with Gasteiger partial charge in [0.1, 0.15) is 11.6 Å². The Morgan fingerprint density at radius 1 is 1.30 bits per heavy atom. The minimum Gasteiger partial charge on any atom is -0.312 e. The zero-order valence-corrected chi connectivity index (χ0v) is 13.2. The number of aryl methyl sites for hydroxylation is 2. The average Bonchev–Trinajstić information content (AvgIpc) is 2.70. The van der Waals surface area contributed by atoms with Crippen LogP contribution >= 0.6 is 11.6 Å². The maximum absolute atomic E-state index is 6.35. The number of benzene rings is 1. The van der Waals surface area contributed by atoms with Crippen LogP contribution in [0.25, 0.3) is 5.69 Å². The SMILES string of the molecule is Cc1nc(C)n(-c2cccc(Cl)c2CNCC(C)C)n1. The van der Waals surface area contributed by atoms with Gasteiger partial charge in [0.2, 0.25) is 0 Å². The van der Waals surface area contributed by atoms with E-state index in [2.05, 4.69) is 29.2 Å². The molecule has 0 atom stereocenters. The van der Waals surface area contributed by atoms with E-state index in [0.29, 0.717) is 5.92 Å². The Labute approximate surface area is 125 Å². The molecule has 2 rings (SSSR count). The molecule has 0 bridgehead atoms. The molecule has 0 aliphatic rings. The summed E-state index contributed by atoms with van der Waals surface area (Å²) in [5.74, 6) is 2.25. The quantitative estimate of drug-likeness (QED) is 0.919. The monoisotopic (exact) mass is 292 g/mol. The summed E-state index contributed by atoms with van der Waals surface area (Å²) < 4.78 is 1.85. The maximum atomic E-state index is 6.35. The van der Waals surface area contributed by atoms with Crippen molar-refractivity contribution in [2.75, 3.05) is 6.54 Å². The lowest BCUT2D eigenvalue weighted by molar-refractivity contribution is 0.551. The van der Waals surface area contributed by atoms with E-state index in [4.69, 9.17) is 11.6 Å². The van der Waals surface area contributed by atoms with Gasteiger partial charge in [-0.05, 0) is 38.4 Å². The summed E-state index contributed by atoms with van der Waals surface area (Å²) in [4.78, 5) is 4.36. The second kappa shape index (κ2) is 6.37. The summed E-state index contributed by atoms with van der Waals surface area (Å²) in [5, 5.41) is 8.63. The summed E-state index contributed by atoms with van der Waals surface area (Å²) in [5.41, 5.74) is 2.05. The highest BCUT2D eigenvalue weighted by molar-refractivity contribution is 6.31. The summed E-state index contributed by atoms with van der Waals surface area (Å²) in [6.07, 6.45) is 0. The van der Waals surface area contributed by atoms with E-state index in [9.17, 15) is 0 Å². The number of halogens is 1. The van der Waals surface area contributed by atoms with Crippen LogP contribution in [0.3, 0.4) is 0 Å². The lowest BCUT2D eigenvalue weighted by atomic mass is 10.1. The molecular weight excluding hydrogens is 272 g/mol. The smallest absolute Gasteiger partial charge is 0.148 e. The van der Waals surface area contributed by atoms with E-state index in [1.165, 1.54) is 0 Å². The van der Waals surface area contributed by atoms with Gasteiger partial charge in [0.25, 0.3) is 0 Å². The Morgan fingerprint density at radius 2 is 2.05 bits per heavy atom. The fourth-order valence-electron chi connectivity index (χ4n) is 2.16. The fourth-order valence-corrected chi connectivity index (χ4v) is 2.39. The van der Waals surface area contributed by atoms with E-state index >= 15 is 0 Å². The largest absolute Gasteiger partial charge is 0.312 e. The average molecular weight is 293 g/mol. The van der Waals surface area contributed by atoms with E-state index in [1.54, 1.807) is 0 Å². The molecule has 0 spiro atoms. The van der Waals surface area contributed by atoms with E-state index in [1.807, 2.05) is 36.7 Å². The Kier molecular flexibility index (Phi) is 4.78. The molecule has 0 saturated heterocycles. The van der Waals surface area contributed by atoms with Crippen LogP contribution in [0.5, 0.6) is 0 Å². The van der Waals surface area contributed by atoms with Crippen molar-refractivity contribution in [2.45, 2.75) is 34.2 Å². The number of hydrogen-bond acceptors (Lipinski definition) is 3. The number of aromatic nitrogens is 3. The van der Waals surface area contributed by atoms with Gasteiger partial charge in [-0.2, -0.15) is 5.10 Å². The Hall–Kier alpha value is -1.39. The van der Waals surface area contributed by atoms with E-state index in [0.717, 1.165) is 41.0 Å². The van der Waals surface area contributed by atoms with Gasteiger partial charge in [-0.1, -0.05) is 31.5 Å². The van der Waals surface area contributed by atoms with Gasteiger partial charge in [0.15, 0.2) is 0 Å². The number of hydrogen-bond donors (Lipinski definition) is 1. The van der Waals surface area contributed by atoms with Gasteiger partial charge in [0.05, 0.1) is 5.69 Å². The van der Waals surface area contributed by atoms with Crippen LogP contribution in [-0.2, 0) is 6.54 Å². The third-order valence-electron chi connectivity index (χ3n) is 3.05. The zero-order valence-electron chi connectivity index (χ0n) is 12.4. The van der Waals surface area contributed by atoms with Crippen LogP contribution in [0, 0.1) is 19.8 Å². The van der Waals surface area contributed by atoms with Crippen LogP contribution in [-0.4, -0.2) is 21.3 Å². The molecule has 0 aliphatic carbocycles. The van der Waals surface area contributed by atoms with Crippen molar-refractivity contribution in [3.05, 3.63) is 40.4 Å². The minimum absolute atomic E-state index is 0.608. The highest BCUT2D eigenvalue weighted by atomic mass is 35.5. The highest BCUT2D eigenvalue weighted by Gasteiger charge is 2.12. The van der Waals surface area contributed by atoms with Crippen molar-refractivity contribution < 1.29 is 0 Å². The third kappa shape index (κ3) is 3.38. The standard InChI is InChI=1S/C15H21ClN4/c1-10(2)8-17-9-13-14(16)6-5-7-15(13)20-12(4)18-11(3)19-20/h5-7,10,17H,8-9H2,1-4H3. The number of nitrogens with one attached hydrogen (secondary N) is 1. The van der Waals surface area contributed by atoms with E-state index in [-0.39, 0.29) is 0 Å². The molecule has 2 aromatic rings. The Balaban J connectivity index is 2.33. The second-order valence-corrected chi connectivity index (χ2v) is 5.79. The molecule has 0 saturated carbocycles. The van der Waals surface area contributed by atoms with Crippen molar-refractivity contribution in [3.63, 3.8) is 0 Å². The second-order valence-electron chi connectivity index (χ2n) is 5.38. The highest BCUT2D eigenvalue weighted by Crippen LogP contribution is 2.23. The summed E-state index contributed by atoms with van der Waals surface area (Å²) in [7, 11) is 0. The van der Waals surface area contributed by atoms with Gasteiger partial charge in [0, 0.05) is 17.1 Å². The van der Waals surface area contributed by atoms with Crippen molar-refractivity contribution in [1.29, 1.82) is 0 Å². The molecule has 0 radical (unpaired) electrons. The molecule has 1 heterocycles. The van der Waals surface area contributed by atoms with Gasteiger partial charge in [-0.25, -0.2) is 9.67 Å². The molecule has 1 N–H and O–H groups in total. The molecule has 108 valence electrons. The zero-order chi connectivity index (χ0) is 14.7. The summed E-state index contributed by atoms with van der Waals surface area (Å²) >= 11 is 6.35. The molecule has 0 unspecified atom stereocenters. The number of rotatable bonds is 5. The van der Waals surface area contributed by atoms with Crippen LogP contribution in [0.15, 0.2) is 18.2 Å². The van der Waals surface area contributed by atoms with Gasteiger partial charge in [-0.3, -0.25) is 0 Å². The van der Waals surface area contributed by atoms with Crippen LogP contribution in [0.1, 0.15) is 31.1 Å². The minimum atomic E-state index is 0.608. The first kappa shape index (κ1) is 15.0. The van der Waals surface area contributed by atoms with Crippen molar-refractivity contribution in [2.24, 2.45) is 5.92 Å². The normalized spacial score (nSPS) is 11.3. The molecule has 0 aliphatic heterocycles. The topological polar surface area (TPSA) is 42.7 Å². The molecule has 20 heavy (non-hydrogen) atoms. The van der Waals surface area contributed by atoms with Crippen molar-refractivity contribution in [1.82, 2.24) is 20.1 Å². The lowest BCUT2D eigenvalue weighted by Gasteiger charge is -2.14.